The van der Waals surface area contributed by atoms with Gasteiger partial charge in [0, 0.05) is 1.37 Å². The fraction of sp³-hybridized carbons (Fsp3) is 0.750. The standard InChI is InChI=1S/C8H14O5/c1-2-3-4(9)7-5(10)6(11)8(12)13-7/h3,5-12H,2H2,1H3/t5-,6-,7-,8?/m1/s1/i2D/t2?,5-,6-,7-,8?. The van der Waals surface area contributed by atoms with Gasteiger partial charge in [-0.2, -0.15) is 0 Å². The van der Waals surface area contributed by atoms with E-state index in [1.54, 1.807) is 0 Å². The molecule has 1 aliphatic rings. The Morgan fingerprint density at radius 1 is 1.46 bits per heavy atom. The molecule has 0 aliphatic carbocycles. The SMILES string of the molecule is [2H]C(C)C=C(O)[C@H]1OC(O)[C@H](O)[C@H]1O. The first-order valence-corrected chi connectivity index (χ1v) is 3.96. The number of aliphatic hydroxyl groups is 4. The van der Waals surface area contributed by atoms with Crippen LogP contribution < -0.4 is 0 Å². The number of hydrogen-bond donors (Lipinski definition) is 4. The fourth-order valence-corrected chi connectivity index (χ4v) is 1.17. The minimum Gasteiger partial charge on any atom is -0.510 e. The molecule has 1 rings (SSSR count). The van der Waals surface area contributed by atoms with Crippen LogP contribution in [0.25, 0.3) is 0 Å². The molecule has 4 N–H and O–H groups in total. The predicted molar refractivity (Wildman–Crippen MR) is 43.9 cm³/mol. The van der Waals surface area contributed by atoms with Crippen molar-refractivity contribution >= 4 is 0 Å². The second-order valence-electron chi connectivity index (χ2n) is 2.85. The minimum atomic E-state index is -1.51. The van der Waals surface area contributed by atoms with Crippen LogP contribution >= 0.6 is 0 Å². The van der Waals surface area contributed by atoms with Crippen LogP contribution in [0.1, 0.15) is 14.7 Å². The van der Waals surface area contributed by atoms with Crippen LogP contribution in [0.5, 0.6) is 0 Å². The van der Waals surface area contributed by atoms with Crippen molar-refractivity contribution in [1.29, 1.82) is 0 Å². The van der Waals surface area contributed by atoms with Gasteiger partial charge in [0.25, 0.3) is 0 Å². The third-order valence-electron chi connectivity index (χ3n) is 1.87. The predicted octanol–water partition coefficient (Wildman–Crippen LogP) is -0.723. The molecule has 0 bridgehead atoms. The average Bonchev–Trinajstić information content (AvgIpc) is 2.32. The highest BCUT2D eigenvalue weighted by Crippen LogP contribution is 2.23. The zero-order chi connectivity index (χ0) is 10.9. The Labute approximate surface area is 77.3 Å². The highest BCUT2D eigenvalue weighted by Gasteiger charge is 2.43. The molecule has 1 heterocycles. The van der Waals surface area contributed by atoms with E-state index in [9.17, 15) is 10.2 Å². The van der Waals surface area contributed by atoms with Crippen molar-refractivity contribution in [3.8, 4) is 0 Å². The van der Waals surface area contributed by atoms with E-state index in [2.05, 4.69) is 0 Å². The first kappa shape index (κ1) is 8.96. The van der Waals surface area contributed by atoms with Crippen LogP contribution in [0.15, 0.2) is 11.8 Å². The van der Waals surface area contributed by atoms with Gasteiger partial charge in [-0.3, -0.25) is 0 Å². The summed E-state index contributed by atoms with van der Waals surface area (Å²) in [5, 5.41) is 36.8. The molecule has 0 amide bonds. The third-order valence-corrected chi connectivity index (χ3v) is 1.87. The molecule has 1 fully saturated rings. The van der Waals surface area contributed by atoms with Crippen molar-refractivity contribution in [3.63, 3.8) is 0 Å². The quantitative estimate of drug-likeness (QED) is 0.432. The van der Waals surface area contributed by atoms with Gasteiger partial charge in [0.1, 0.15) is 24.1 Å². The average molecular weight is 191 g/mol. The number of aliphatic hydroxyl groups excluding tert-OH is 4. The van der Waals surface area contributed by atoms with Gasteiger partial charge in [-0.1, -0.05) is 6.92 Å². The summed E-state index contributed by atoms with van der Waals surface area (Å²) in [5.41, 5.74) is 0. The van der Waals surface area contributed by atoms with Gasteiger partial charge in [-0.25, -0.2) is 0 Å². The molecule has 2 unspecified atom stereocenters. The zero-order valence-corrected chi connectivity index (χ0v) is 7.16. The fourth-order valence-electron chi connectivity index (χ4n) is 1.17. The molecule has 76 valence electrons. The van der Waals surface area contributed by atoms with Crippen molar-refractivity contribution in [3.05, 3.63) is 11.8 Å². The Hall–Kier alpha value is -0.620. The van der Waals surface area contributed by atoms with Gasteiger partial charge in [0.05, 0.1) is 0 Å². The molecule has 0 radical (unpaired) electrons. The van der Waals surface area contributed by atoms with E-state index in [0.29, 0.717) is 0 Å². The summed E-state index contributed by atoms with van der Waals surface area (Å²) in [6.45, 7) is 1.52. The number of hydrogen-bond acceptors (Lipinski definition) is 5. The first-order valence-electron chi connectivity index (χ1n) is 4.53. The number of allylic oxidation sites excluding steroid dienone is 1. The molecule has 13 heavy (non-hydrogen) atoms. The van der Waals surface area contributed by atoms with Crippen molar-refractivity contribution in [2.24, 2.45) is 0 Å². The third kappa shape index (κ3) is 2.00. The lowest BCUT2D eigenvalue weighted by Gasteiger charge is -2.12. The van der Waals surface area contributed by atoms with Crippen LogP contribution in [0.4, 0.5) is 0 Å². The summed E-state index contributed by atoms with van der Waals surface area (Å²) in [5.74, 6) is -0.351. The molecule has 0 aromatic heterocycles. The van der Waals surface area contributed by atoms with Crippen molar-refractivity contribution < 1.29 is 26.5 Å². The molecular formula is C8H14O5. The van der Waals surface area contributed by atoms with Gasteiger partial charge in [-0.15, -0.1) is 0 Å². The highest BCUT2D eigenvalue weighted by atomic mass is 16.6. The van der Waals surface area contributed by atoms with Gasteiger partial charge in [-0.05, 0) is 12.5 Å². The Bertz CT molecular complexity index is 230. The second kappa shape index (κ2) is 4.06. The number of ether oxygens (including phenoxy) is 1. The molecular weight excluding hydrogens is 176 g/mol. The zero-order valence-electron chi connectivity index (χ0n) is 8.16. The highest BCUT2D eigenvalue weighted by molar-refractivity contribution is 5.06. The van der Waals surface area contributed by atoms with Crippen LogP contribution in [0.2, 0.25) is 0 Å². The Balaban J connectivity index is 2.71. The summed E-state index contributed by atoms with van der Waals surface area (Å²) < 4.78 is 11.8. The molecule has 5 nitrogen and oxygen atoms in total. The number of rotatable bonds is 2. The van der Waals surface area contributed by atoms with Crippen LogP contribution in [-0.4, -0.2) is 45.0 Å². The lowest BCUT2D eigenvalue weighted by Crippen LogP contribution is -2.33. The molecule has 0 spiro atoms. The van der Waals surface area contributed by atoms with Crippen LogP contribution in [0, 0.1) is 0 Å². The Morgan fingerprint density at radius 3 is 2.46 bits per heavy atom. The minimum absolute atomic E-state index is 0.351. The van der Waals surface area contributed by atoms with E-state index in [4.69, 9.17) is 16.3 Å². The maximum Gasteiger partial charge on any atom is 0.184 e. The first-order chi connectivity index (χ1) is 6.43. The maximum absolute atomic E-state index is 9.36. The largest absolute Gasteiger partial charge is 0.510 e. The molecule has 5 heteroatoms. The summed E-state index contributed by atoms with van der Waals surface area (Å²) >= 11 is 0. The van der Waals surface area contributed by atoms with E-state index in [-0.39, 0.29) is 5.76 Å². The molecule has 1 aliphatic heterocycles. The monoisotopic (exact) mass is 191 g/mol. The molecule has 1 saturated heterocycles. The topological polar surface area (TPSA) is 90.2 Å². The second-order valence-corrected chi connectivity index (χ2v) is 2.85. The van der Waals surface area contributed by atoms with Crippen molar-refractivity contribution in [2.45, 2.75) is 37.9 Å². The van der Waals surface area contributed by atoms with Crippen LogP contribution in [-0.2, 0) is 4.74 Å². The van der Waals surface area contributed by atoms with Crippen molar-refractivity contribution in [1.82, 2.24) is 0 Å². The van der Waals surface area contributed by atoms with Gasteiger partial charge in [0.15, 0.2) is 6.29 Å². The van der Waals surface area contributed by atoms with Crippen molar-refractivity contribution in [2.75, 3.05) is 0 Å². The normalized spacial score (nSPS) is 44.6. The van der Waals surface area contributed by atoms with Gasteiger partial charge in [0.2, 0.25) is 0 Å². The molecule has 5 atom stereocenters. The summed E-state index contributed by atoms with van der Waals surface area (Å²) in [6.07, 6.45) is -4.96. The van der Waals surface area contributed by atoms with Gasteiger partial charge >= 0.3 is 0 Å². The molecule has 0 aromatic carbocycles. The summed E-state index contributed by atoms with van der Waals surface area (Å²) in [6, 6.07) is 0. The Morgan fingerprint density at radius 2 is 2.08 bits per heavy atom. The smallest absolute Gasteiger partial charge is 0.184 e. The molecule has 0 aromatic rings. The van der Waals surface area contributed by atoms with E-state index >= 15 is 0 Å². The summed E-state index contributed by atoms with van der Waals surface area (Å²) in [7, 11) is 0. The Kier molecular flexibility index (Phi) is 2.80. The van der Waals surface area contributed by atoms with E-state index < -0.39 is 31.0 Å². The van der Waals surface area contributed by atoms with E-state index in [0.717, 1.165) is 0 Å². The van der Waals surface area contributed by atoms with E-state index in [1.165, 1.54) is 13.0 Å². The van der Waals surface area contributed by atoms with Crippen LogP contribution in [0.3, 0.4) is 0 Å². The van der Waals surface area contributed by atoms with Gasteiger partial charge < -0.3 is 25.2 Å². The molecule has 0 saturated carbocycles. The lowest BCUT2D eigenvalue weighted by molar-refractivity contribution is -0.125. The summed E-state index contributed by atoms with van der Waals surface area (Å²) in [4.78, 5) is 0. The maximum atomic E-state index is 9.36. The van der Waals surface area contributed by atoms with E-state index in [1.807, 2.05) is 0 Å². The lowest BCUT2D eigenvalue weighted by atomic mass is 10.1.